The largest absolute Gasteiger partial charge is 0.399 e. The van der Waals surface area contributed by atoms with Crippen molar-refractivity contribution in [1.82, 2.24) is 0 Å². The first-order valence-corrected chi connectivity index (χ1v) is 7.75. The van der Waals surface area contributed by atoms with Crippen molar-refractivity contribution in [1.29, 1.82) is 5.26 Å². The minimum atomic E-state index is -3.68. The number of nitriles is 1. The van der Waals surface area contributed by atoms with Crippen molar-refractivity contribution >= 4 is 21.4 Å². The maximum atomic E-state index is 12.3. The van der Waals surface area contributed by atoms with Gasteiger partial charge in [-0.05, 0) is 48.4 Å². The number of nitrogens with one attached hydrogen (secondary N) is 1. The Morgan fingerprint density at radius 3 is 2.43 bits per heavy atom. The number of sulfonamides is 1. The lowest BCUT2D eigenvalue weighted by atomic mass is 10.1. The molecule has 0 unspecified atom stereocenters. The van der Waals surface area contributed by atoms with Crippen LogP contribution in [0.5, 0.6) is 0 Å². The van der Waals surface area contributed by atoms with Crippen molar-refractivity contribution in [2.45, 2.75) is 18.2 Å². The molecule has 0 atom stereocenters. The van der Waals surface area contributed by atoms with Gasteiger partial charge in [-0.3, -0.25) is 4.72 Å². The molecule has 0 heterocycles. The minimum Gasteiger partial charge on any atom is -0.399 e. The first-order chi connectivity index (χ1) is 9.90. The van der Waals surface area contributed by atoms with Crippen LogP contribution in [0.15, 0.2) is 47.4 Å². The Hall–Kier alpha value is -2.52. The van der Waals surface area contributed by atoms with E-state index in [0.717, 1.165) is 11.1 Å². The van der Waals surface area contributed by atoms with Gasteiger partial charge in [0.05, 0.1) is 17.4 Å². The van der Waals surface area contributed by atoms with E-state index in [0.29, 0.717) is 17.8 Å². The molecule has 21 heavy (non-hydrogen) atoms. The van der Waals surface area contributed by atoms with Crippen molar-refractivity contribution in [3.05, 3.63) is 53.6 Å². The lowest BCUT2D eigenvalue weighted by Gasteiger charge is -2.10. The summed E-state index contributed by atoms with van der Waals surface area (Å²) in [5.74, 6) is 0. The molecule has 2 aromatic carbocycles. The highest BCUT2D eigenvalue weighted by molar-refractivity contribution is 7.92. The van der Waals surface area contributed by atoms with Crippen LogP contribution in [0.4, 0.5) is 11.4 Å². The lowest BCUT2D eigenvalue weighted by Crippen LogP contribution is -2.13. The molecule has 0 amide bonds. The summed E-state index contributed by atoms with van der Waals surface area (Å²) in [7, 11) is -3.68. The third-order valence-corrected chi connectivity index (χ3v) is 4.23. The number of nitrogen functional groups attached to an aromatic ring is 1. The van der Waals surface area contributed by atoms with E-state index in [1.54, 1.807) is 43.3 Å². The third kappa shape index (κ3) is 3.74. The Balaban J connectivity index is 2.26. The maximum Gasteiger partial charge on any atom is 0.261 e. The van der Waals surface area contributed by atoms with Crippen molar-refractivity contribution in [3.63, 3.8) is 0 Å². The zero-order chi connectivity index (χ0) is 15.5. The molecule has 2 aromatic rings. The molecule has 0 bridgehead atoms. The van der Waals surface area contributed by atoms with Crippen LogP contribution >= 0.6 is 0 Å². The fourth-order valence-corrected chi connectivity index (χ4v) is 3.12. The highest BCUT2D eigenvalue weighted by Gasteiger charge is 2.15. The van der Waals surface area contributed by atoms with E-state index in [1.165, 1.54) is 6.07 Å². The zero-order valence-electron chi connectivity index (χ0n) is 11.5. The fraction of sp³-hybridized carbons (Fsp3) is 0.133. The summed E-state index contributed by atoms with van der Waals surface area (Å²) >= 11 is 0. The molecule has 3 N–H and O–H groups in total. The molecule has 0 aliphatic rings. The fourth-order valence-electron chi connectivity index (χ4n) is 1.93. The molecule has 0 fully saturated rings. The molecule has 5 nitrogen and oxygen atoms in total. The topological polar surface area (TPSA) is 96.0 Å². The first kappa shape index (κ1) is 14.9. The minimum absolute atomic E-state index is 0.126. The average Bonchev–Trinajstić information content (AvgIpc) is 2.40. The van der Waals surface area contributed by atoms with Crippen LogP contribution in [0.1, 0.15) is 11.1 Å². The molecule has 0 saturated heterocycles. The number of nitrogens with two attached hydrogens (primary N) is 1. The van der Waals surface area contributed by atoms with Gasteiger partial charge in [-0.1, -0.05) is 12.1 Å². The summed E-state index contributed by atoms with van der Waals surface area (Å²) in [5, 5.41) is 8.60. The Bertz CT molecular complexity index is 770. The smallest absolute Gasteiger partial charge is 0.261 e. The van der Waals surface area contributed by atoms with E-state index < -0.39 is 10.0 Å². The molecule has 108 valence electrons. The summed E-state index contributed by atoms with van der Waals surface area (Å²) in [6, 6.07) is 13.4. The highest BCUT2D eigenvalue weighted by atomic mass is 32.2. The number of aryl methyl sites for hydroxylation is 1. The van der Waals surface area contributed by atoms with Crippen molar-refractivity contribution in [2.75, 3.05) is 10.5 Å². The van der Waals surface area contributed by atoms with Gasteiger partial charge in [0.2, 0.25) is 0 Å². The molecule has 0 aliphatic carbocycles. The molecular formula is C15H15N3O2S. The van der Waals surface area contributed by atoms with Crippen LogP contribution in [0.25, 0.3) is 0 Å². The first-order valence-electron chi connectivity index (χ1n) is 6.26. The van der Waals surface area contributed by atoms with E-state index in [4.69, 9.17) is 11.0 Å². The molecule has 2 rings (SSSR count). The number of anilines is 2. The average molecular weight is 301 g/mol. The van der Waals surface area contributed by atoms with Gasteiger partial charge in [0, 0.05) is 11.4 Å². The van der Waals surface area contributed by atoms with E-state index in [9.17, 15) is 8.42 Å². The monoisotopic (exact) mass is 301 g/mol. The molecule has 6 heteroatoms. The standard InChI is InChI=1S/C15H15N3O2S/c1-11-8-13(17)10-15(9-11)21(19,20)18-14-4-2-12(3-5-14)6-7-16/h2-5,8-10,18H,6,17H2,1H3. The van der Waals surface area contributed by atoms with Crippen molar-refractivity contribution in [2.24, 2.45) is 0 Å². The molecule has 0 saturated carbocycles. The summed E-state index contributed by atoms with van der Waals surface area (Å²) < 4.78 is 27.1. The van der Waals surface area contributed by atoms with Gasteiger partial charge in [-0.25, -0.2) is 8.42 Å². The van der Waals surface area contributed by atoms with Crippen LogP contribution in [-0.2, 0) is 16.4 Å². The van der Waals surface area contributed by atoms with E-state index in [-0.39, 0.29) is 4.90 Å². The summed E-state index contributed by atoms with van der Waals surface area (Å²) in [4.78, 5) is 0.126. The number of hydrogen-bond acceptors (Lipinski definition) is 4. The van der Waals surface area contributed by atoms with Crippen LogP contribution in [-0.4, -0.2) is 8.42 Å². The Labute approximate surface area is 124 Å². The predicted molar refractivity (Wildman–Crippen MR) is 82.2 cm³/mol. The summed E-state index contributed by atoms with van der Waals surface area (Å²) in [5.41, 5.74) is 8.13. The number of hydrogen-bond donors (Lipinski definition) is 2. The Kier molecular flexibility index (Phi) is 4.15. The van der Waals surface area contributed by atoms with Gasteiger partial charge in [-0.2, -0.15) is 5.26 Å². The highest BCUT2D eigenvalue weighted by Crippen LogP contribution is 2.20. The normalized spacial score (nSPS) is 10.9. The lowest BCUT2D eigenvalue weighted by molar-refractivity contribution is 0.601. The van der Waals surface area contributed by atoms with Gasteiger partial charge in [0.25, 0.3) is 10.0 Å². The van der Waals surface area contributed by atoms with Crippen molar-refractivity contribution < 1.29 is 8.42 Å². The predicted octanol–water partition coefficient (Wildman–Crippen LogP) is 2.44. The molecule has 0 spiro atoms. The second kappa shape index (κ2) is 5.85. The van der Waals surface area contributed by atoms with Gasteiger partial charge < -0.3 is 5.73 Å². The third-order valence-electron chi connectivity index (χ3n) is 2.87. The quantitative estimate of drug-likeness (QED) is 0.848. The molecule has 0 aliphatic heterocycles. The molecule has 0 aromatic heterocycles. The van der Waals surface area contributed by atoms with Crippen LogP contribution in [0, 0.1) is 18.3 Å². The van der Waals surface area contributed by atoms with E-state index in [2.05, 4.69) is 4.72 Å². The summed E-state index contributed by atoms with van der Waals surface area (Å²) in [6.07, 6.45) is 0.293. The maximum absolute atomic E-state index is 12.3. The van der Waals surface area contributed by atoms with Gasteiger partial charge in [0.15, 0.2) is 0 Å². The number of rotatable bonds is 4. The SMILES string of the molecule is Cc1cc(N)cc(S(=O)(=O)Nc2ccc(CC#N)cc2)c1. The van der Waals surface area contributed by atoms with Crippen molar-refractivity contribution in [3.8, 4) is 6.07 Å². The Morgan fingerprint density at radius 1 is 1.19 bits per heavy atom. The number of benzene rings is 2. The second-order valence-corrected chi connectivity index (χ2v) is 6.40. The molecular weight excluding hydrogens is 286 g/mol. The van der Waals surface area contributed by atoms with Gasteiger partial charge in [0.1, 0.15) is 0 Å². The number of nitrogens with zero attached hydrogens (tertiary/aromatic N) is 1. The summed E-state index contributed by atoms with van der Waals surface area (Å²) in [6.45, 7) is 1.78. The van der Waals surface area contributed by atoms with E-state index >= 15 is 0 Å². The zero-order valence-corrected chi connectivity index (χ0v) is 12.3. The second-order valence-electron chi connectivity index (χ2n) is 4.72. The Morgan fingerprint density at radius 2 is 1.86 bits per heavy atom. The van der Waals surface area contributed by atoms with Crippen LogP contribution in [0.3, 0.4) is 0 Å². The van der Waals surface area contributed by atoms with Crippen LogP contribution < -0.4 is 10.5 Å². The van der Waals surface area contributed by atoms with Gasteiger partial charge in [-0.15, -0.1) is 0 Å². The van der Waals surface area contributed by atoms with Gasteiger partial charge >= 0.3 is 0 Å². The van der Waals surface area contributed by atoms with Crippen LogP contribution in [0.2, 0.25) is 0 Å². The molecule has 0 radical (unpaired) electrons. The van der Waals surface area contributed by atoms with E-state index in [1.807, 2.05) is 6.07 Å².